The van der Waals surface area contributed by atoms with E-state index in [1.807, 2.05) is 12.1 Å². The average molecular weight is 308 g/mol. The van der Waals surface area contributed by atoms with Crippen LogP contribution in [0.25, 0.3) is 6.08 Å². The molecule has 0 saturated carbocycles. The van der Waals surface area contributed by atoms with E-state index < -0.39 is 0 Å². The van der Waals surface area contributed by atoms with Gasteiger partial charge in [-0.1, -0.05) is 69.5 Å². The lowest BCUT2D eigenvalue weighted by Crippen LogP contribution is -1.87. The molecule has 0 aliphatic heterocycles. The van der Waals surface area contributed by atoms with Crippen molar-refractivity contribution in [3.8, 4) is 11.5 Å². The zero-order valence-corrected chi connectivity index (χ0v) is 14.4. The van der Waals surface area contributed by atoms with Gasteiger partial charge in [0.25, 0.3) is 0 Å². The third kappa shape index (κ3) is 6.32. The maximum Gasteiger partial charge on any atom is 0.127 e. The van der Waals surface area contributed by atoms with Crippen molar-refractivity contribution < 1.29 is 4.74 Å². The van der Waals surface area contributed by atoms with E-state index in [9.17, 15) is 0 Å². The summed E-state index contributed by atoms with van der Waals surface area (Å²) in [6.07, 6.45) is 11.7. The number of hydrogen-bond donors (Lipinski definition) is 0. The van der Waals surface area contributed by atoms with Gasteiger partial charge in [-0.15, -0.1) is 0 Å². The molecule has 0 spiro atoms. The zero-order valence-electron chi connectivity index (χ0n) is 14.4. The van der Waals surface area contributed by atoms with Crippen LogP contribution in [-0.4, -0.2) is 0 Å². The Kier molecular flexibility index (Phi) is 7.45. The molecule has 122 valence electrons. The summed E-state index contributed by atoms with van der Waals surface area (Å²) in [4.78, 5) is 0. The smallest absolute Gasteiger partial charge is 0.127 e. The molecule has 0 fully saturated rings. The summed E-state index contributed by atoms with van der Waals surface area (Å²) in [6.45, 7) is 4.43. The van der Waals surface area contributed by atoms with Crippen LogP contribution < -0.4 is 4.74 Å². The van der Waals surface area contributed by atoms with Crippen molar-refractivity contribution in [2.75, 3.05) is 0 Å². The van der Waals surface area contributed by atoms with Crippen LogP contribution in [0.4, 0.5) is 0 Å². The predicted molar refractivity (Wildman–Crippen MR) is 100 cm³/mol. The third-order valence-electron chi connectivity index (χ3n) is 3.87. The molecule has 0 aliphatic carbocycles. The second-order valence-electron chi connectivity index (χ2n) is 5.96. The minimum atomic E-state index is 0.886. The van der Waals surface area contributed by atoms with E-state index in [0.717, 1.165) is 24.3 Å². The van der Waals surface area contributed by atoms with Crippen LogP contribution in [0.2, 0.25) is 0 Å². The second kappa shape index (κ2) is 9.89. The molecule has 0 bridgehead atoms. The minimum Gasteiger partial charge on any atom is -0.457 e. The number of hydrogen-bond acceptors (Lipinski definition) is 1. The zero-order chi connectivity index (χ0) is 16.3. The van der Waals surface area contributed by atoms with Gasteiger partial charge in [-0.3, -0.25) is 0 Å². The molecule has 2 aromatic rings. The molecule has 0 aromatic heterocycles. The van der Waals surface area contributed by atoms with Gasteiger partial charge >= 0.3 is 0 Å². The Hall–Kier alpha value is -2.02. The summed E-state index contributed by atoms with van der Waals surface area (Å²) in [5.41, 5.74) is 2.61. The molecule has 0 heterocycles. The number of benzene rings is 2. The maximum atomic E-state index is 5.92. The van der Waals surface area contributed by atoms with Gasteiger partial charge in [-0.2, -0.15) is 0 Å². The number of aryl methyl sites for hydroxylation is 1. The van der Waals surface area contributed by atoms with Gasteiger partial charge in [-0.05, 0) is 54.7 Å². The summed E-state index contributed by atoms with van der Waals surface area (Å²) >= 11 is 0. The Morgan fingerprint density at radius 3 is 2.04 bits per heavy atom. The molecule has 0 radical (unpaired) electrons. The standard InChI is InChI=1S/C22H28O/c1-3-5-7-9-19-11-15-21(16-12-19)23-22-17-13-20(14-18-22)10-8-6-4-2/h7,9,11-18H,3-6,8,10H2,1-2H3/b9-7+. The molecule has 0 saturated heterocycles. The van der Waals surface area contributed by atoms with E-state index in [2.05, 4.69) is 62.4 Å². The third-order valence-corrected chi connectivity index (χ3v) is 3.87. The van der Waals surface area contributed by atoms with Crippen molar-refractivity contribution in [3.05, 3.63) is 65.7 Å². The van der Waals surface area contributed by atoms with Gasteiger partial charge in [0.1, 0.15) is 11.5 Å². The Labute approximate surface area is 141 Å². The van der Waals surface area contributed by atoms with Gasteiger partial charge in [0, 0.05) is 0 Å². The minimum absolute atomic E-state index is 0.886. The first-order chi connectivity index (χ1) is 11.3. The van der Waals surface area contributed by atoms with Crippen molar-refractivity contribution >= 4 is 6.08 Å². The molecule has 1 nitrogen and oxygen atoms in total. The van der Waals surface area contributed by atoms with E-state index in [1.54, 1.807) is 0 Å². The van der Waals surface area contributed by atoms with Crippen LogP contribution >= 0.6 is 0 Å². The van der Waals surface area contributed by atoms with Crippen LogP contribution in [-0.2, 0) is 6.42 Å². The molecule has 2 aromatic carbocycles. The van der Waals surface area contributed by atoms with Gasteiger partial charge in [0.15, 0.2) is 0 Å². The Morgan fingerprint density at radius 1 is 0.783 bits per heavy atom. The highest BCUT2D eigenvalue weighted by molar-refractivity contribution is 5.50. The Bertz CT molecular complexity index is 578. The first-order valence-electron chi connectivity index (χ1n) is 8.85. The normalized spacial score (nSPS) is 11.0. The van der Waals surface area contributed by atoms with E-state index >= 15 is 0 Å². The quantitative estimate of drug-likeness (QED) is 0.452. The molecule has 23 heavy (non-hydrogen) atoms. The first-order valence-corrected chi connectivity index (χ1v) is 8.85. The summed E-state index contributed by atoms with van der Waals surface area (Å²) in [6, 6.07) is 16.7. The summed E-state index contributed by atoms with van der Waals surface area (Å²) in [5.74, 6) is 1.79. The Balaban J connectivity index is 1.88. The monoisotopic (exact) mass is 308 g/mol. The summed E-state index contributed by atoms with van der Waals surface area (Å²) in [5, 5.41) is 0. The number of allylic oxidation sites excluding steroid dienone is 1. The average Bonchev–Trinajstić information content (AvgIpc) is 2.58. The van der Waals surface area contributed by atoms with Crippen LogP contribution in [0.1, 0.15) is 57.1 Å². The molecular weight excluding hydrogens is 280 g/mol. The number of ether oxygens (including phenoxy) is 1. The van der Waals surface area contributed by atoms with Crippen LogP contribution in [0, 0.1) is 0 Å². The van der Waals surface area contributed by atoms with E-state index in [0.29, 0.717) is 0 Å². The van der Waals surface area contributed by atoms with Gasteiger partial charge in [-0.25, -0.2) is 0 Å². The van der Waals surface area contributed by atoms with E-state index in [4.69, 9.17) is 4.74 Å². The molecule has 0 N–H and O–H groups in total. The fourth-order valence-corrected chi connectivity index (χ4v) is 2.47. The largest absolute Gasteiger partial charge is 0.457 e. The lowest BCUT2D eigenvalue weighted by atomic mass is 10.1. The van der Waals surface area contributed by atoms with E-state index in [-0.39, 0.29) is 0 Å². The van der Waals surface area contributed by atoms with Crippen LogP contribution in [0.15, 0.2) is 54.6 Å². The number of rotatable bonds is 9. The van der Waals surface area contributed by atoms with Crippen molar-refractivity contribution in [1.29, 1.82) is 0 Å². The Morgan fingerprint density at radius 2 is 1.43 bits per heavy atom. The number of unbranched alkanes of at least 4 members (excludes halogenated alkanes) is 3. The van der Waals surface area contributed by atoms with Crippen molar-refractivity contribution in [3.63, 3.8) is 0 Å². The molecule has 2 rings (SSSR count). The highest BCUT2D eigenvalue weighted by Gasteiger charge is 1.99. The van der Waals surface area contributed by atoms with Gasteiger partial charge in [0.05, 0.1) is 0 Å². The van der Waals surface area contributed by atoms with Gasteiger partial charge < -0.3 is 4.74 Å². The molecular formula is C22H28O. The van der Waals surface area contributed by atoms with Crippen LogP contribution in [0.5, 0.6) is 11.5 Å². The highest BCUT2D eigenvalue weighted by Crippen LogP contribution is 2.23. The fourth-order valence-electron chi connectivity index (χ4n) is 2.47. The van der Waals surface area contributed by atoms with Crippen molar-refractivity contribution in [2.24, 2.45) is 0 Å². The second-order valence-corrected chi connectivity index (χ2v) is 5.96. The molecule has 0 unspecified atom stereocenters. The van der Waals surface area contributed by atoms with Gasteiger partial charge in [0.2, 0.25) is 0 Å². The topological polar surface area (TPSA) is 9.23 Å². The summed E-state index contributed by atoms with van der Waals surface area (Å²) < 4.78 is 5.92. The molecule has 0 amide bonds. The predicted octanol–water partition coefficient (Wildman–Crippen LogP) is 7.02. The first kappa shape index (κ1) is 17.3. The maximum absolute atomic E-state index is 5.92. The highest BCUT2D eigenvalue weighted by atomic mass is 16.5. The lowest BCUT2D eigenvalue weighted by molar-refractivity contribution is 0.482. The lowest BCUT2D eigenvalue weighted by Gasteiger charge is -2.07. The SMILES string of the molecule is CCC/C=C/c1ccc(Oc2ccc(CCCCC)cc2)cc1. The molecule has 0 aliphatic rings. The summed E-state index contributed by atoms with van der Waals surface area (Å²) in [7, 11) is 0. The molecule has 1 heteroatoms. The van der Waals surface area contributed by atoms with Crippen molar-refractivity contribution in [1.82, 2.24) is 0 Å². The van der Waals surface area contributed by atoms with Crippen molar-refractivity contribution in [2.45, 2.75) is 52.4 Å². The van der Waals surface area contributed by atoms with E-state index in [1.165, 1.54) is 36.8 Å². The fraction of sp³-hybridized carbons (Fsp3) is 0.364. The van der Waals surface area contributed by atoms with Crippen LogP contribution in [0.3, 0.4) is 0 Å². The molecule has 0 atom stereocenters.